The van der Waals surface area contributed by atoms with Crippen molar-refractivity contribution in [2.24, 2.45) is 0 Å². The van der Waals surface area contributed by atoms with Crippen LogP contribution in [0.1, 0.15) is 37.7 Å². The molecule has 0 saturated carbocycles. The van der Waals surface area contributed by atoms with Gasteiger partial charge in [0.25, 0.3) is 0 Å². The molecule has 144 valence electrons. The highest BCUT2D eigenvalue weighted by Gasteiger charge is 2.51. The number of carbonyl (C=O) groups excluding carboxylic acids is 1. The van der Waals surface area contributed by atoms with Crippen LogP contribution in [0.5, 0.6) is 0 Å². The van der Waals surface area contributed by atoms with Crippen LogP contribution < -0.4 is 5.32 Å². The third-order valence-electron chi connectivity index (χ3n) is 5.70. The maximum Gasteiger partial charge on any atom is 0.410 e. The molecule has 5 nitrogen and oxygen atoms in total. The summed E-state index contributed by atoms with van der Waals surface area (Å²) in [6, 6.07) is 14.1. The van der Waals surface area contributed by atoms with Gasteiger partial charge in [0.1, 0.15) is 6.61 Å². The van der Waals surface area contributed by atoms with E-state index in [9.17, 15) is 4.79 Å². The van der Waals surface area contributed by atoms with E-state index in [4.69, 9.17) is 4.74 Å². The van der Waals surface area contributed by atoms with E-state index in [1.54, 1.807) is 12.4 Å². The van der Waals surface area contributed by atoms with Crippen molar-refractivity contribution in [3.8, 4) is 0 Å². The van der Waals surface area contributed by atoms with E-state index in [1.165, 1.54) is 6.42 Å². The van der Waals surface area contributed by atoms with Crippen LogP contribution >= 0.6 is 12.4 Å². The largest absolute Gasteiger partial charge is 0.445 e. The second-order valence-electron chi connectivity index (χ2n) is 7.31. The predicted octanol–water partition coefficient (Wildman–Crippen LogP) is 4.64. The number of ether oxygens (including phenoxy) is 1. The molecule has 2 aromatic rings. The first-order valence-electron chi connectivity index (χ1n) is 9.41. The number of nitrogens with one attached hydrogen (secondary N) is 1. The average molecular weight is 388 g/mol. The van der Waals surface area contributed by atoms with Crippen molar-refractivity contribution < 1.29 is 9.53 Å². The molecule has 2 unspecified atom stereocenters. The average Bonchev–Trinajstić information content (AvgIpc) is 2.92. The first-order chi connectivity index (χ1) is 12.8. The fourth-order valence-corrected chi connectivity index (χ4v) is 4.39. The van der Waals surface area contributed by atoms with Gasteiger partial charge < -0.3 is 10.1 Å². The van der Waals surface area contributed by atoms with Crippen LogP contribution in [0.25, 0.3) is 0 Å². The van der Waals surface area contributed by atoms with E-state index < -0.39 is 0 Å². The smallest absolute Gasteiger partial charge is 0.410 e. The number of amides is 1. The number of anilines is 1. The van der Waals surface area contributed by atoms with Crippen LogP contribution in [-0.4, -0.2) is 34.1 Å². The fraction of sp³-hybridized carbons (Fsp3) is 0.429. The molecule has 27 heavy (non-hydrogen) atoms. The minimum Gasteiger partial charge on any atom is -0.445 e. The van der Waals surface area contributed by atoms with Crippen molar-refractivity contribution in [3.05, 3.63) is 60.4 Å². The summed E-state index contributed by atoms with van der Waals surface area (Å²) in [5, 5.41) is 3.50. The molecule has 2 saturated heterocycles. The zero-order valence-corrected chi connectivity index (χ0v) is 16.2. The van der Waals surface area contributed by atoms with Gasteiger partial charge in [0.05, 0.1) is 5.54 Å². The SMILES string of the molecule is Cl.O=C(OCc1ccccc1)N1C2CCCC1(CNc1ccncc1)CC2. The number of nitrogens with zero attached hydrogens (tertiary/aromatic N) is 2. The molecular formula is C21H26ClN3O2. The number of aromatic nitrogens is 1. The van der Waals surface area contributed by atoms with Gasteiger partial charge in [0.2, 0.25) is 0 Å². The molecule has 0 radical (unpaired) electrons. The number of rotatable bonds is 5. The number of piperidine rings is 1. The first kappa shape index (κ1) is 19.5. The molecule has 1 aromatic carbocycles. The lowest BCUT2D eigenvalue weighted by molar-refractivity contribution is 0.0316. The Kier molecular flexibility index (Phi) is 6.22. The van der Waals surface area contributed by atoms with Crippen LogP contribution in [-0.2, 0) is 11.3 Å². The maximum absolute atomic E-state index is 12.9. The zero-order valence-electron chi connectivity index (χ0n) is 15.3. The third kappa shape index (κ3) is 4.19. The number of pyridine rings is 1. The molecule has 0 spiro atoms. The molecule has 2 fully saturated rings. The predicted molar refractivity (Wildman–Crippen MR) is 108 cm³/mol. The quantitative estimate of drug-likeness (QED) is 0.812. The van der Waals surface area contributed by atoms with E-state index in [1.807, 2.05) is 47.4 Å². The van der Waals surface area contributed by atoms with Gasteiger partial charge in [-0.15, -0.1) is 12.4 Å². The van der Waals surface area contributed by atoms with Gasteiger partial charge in [-0.25, -0.2) is 4.79 Å². The highest BCUT2D eigenvalue weighted by molar-refractivity contribution is 5.85. The number of fused-ring (bicyclic) bond motifs is 2. The topological polar surface area (TPSA) is 54.5 Å². The van der Waals surface area contributed by atoms with Crippen LogP contribution in [0.4, 0.5) is 10.5 Å². The summed E-state index contributed by atoms with van der Waals surface area (Å²) in [5.41, 5.74) is 1.93. The Balaban J connectivity index is 0.00000210. The standard InChI is InChI=1S/C21H25N3O2.ClH/c25-20(26-15-17-5-2-1-3-6-17)24-19-7-4-11-21(24,12-8-19)16-23-18-9-13-22-14-10-18;/h1-3,5-6,9-10,13-14,19H,4,7-8,11-12,15-16H2,(H,22,23);1H. The van der Waals surface area contributed by atoms with Gasteiger partial charge >= 0.3 is 6.09 Å². The molecule has 3 heterocycles. The van der Waals surface area contributed by atoms with Crippen molar-refractivity contribution in [2.45, 2.75) is 50.3 Å². The van der Waals surface area contributed by atoms with Crippen LogP contribution in [0.15, 0.2) is 54.9 Å². The van der Waals surface area contributed by atoms with Crippen LogP contribution in [0.2, 0.25) is 0 Å². The summed E-state index contributed by atoms with van der Waals surface area (Å²) in [6.45, 7) is 1.09. The summed E-state index contributed by atoms with van der Waals surface area (Å²) < 4.78 is 5.67. The van der Waals surface area contributed by atoms with Crippen molar-refractivity contribution in [2.75, 3.05) is 11.9 Å². The molecular weight excluding hydrogens is 362 g/mol. The summed E-state index contributed by atoms with van der Waals surface area (Å²) >= 11 is 0. The Labute approximate surface area is 166 Å². The Bertz CT molecular complexity index is 740. The van der Waals surface area contributed by atoms with Gasteiger partial charge in [-0.05, 0) is 49.8 Å². The highest BCUT2D eigenvalue weighted by Crippen LogP contribution is 2.44. The molecule has 1 aromatic heterocycles. The number of benzene rings is 1. The molecule has 6 heteroatoms. The summed E-state index contributed by atoms with van der Waals surface area (Å²) in [7, 11) is 0. The zero-order chi connectivity index (χ0) is 17.8. The third-order valence-corrected chi connectivity index (χ3v) is 5.70. The van der Waals surface area contributed by atoms with Gasteiger partial charge in [-0.1, -0.05) is 30.3 Å². The van der Waals surface area contributed by atoms with Crippen molar-refractivity contribution in [3.63, 3.8) is 0 Å². The second-order valence-corrected chi connectivity index (χ2v) is 7.31. The lowest BCUT2D eigenvalue weighted by atomic mass is 9.88. The van der Waals surface area contributed by atoms with E-state index in [0.29, 0.717) is 12.6 Å². The number of halogens is 1. The number of carbonyl (C=O) groups is 1. The van der Waals surface area contributed by atoms with Gasteiger partial charge in [0.15, 0.2) is 0 Å². The molecule has 2 aliphatic heterocycles. The minimum absolute atomic E-state index is 0. The van der Waals surface area contributed by atoms with E-state index in [-0.39, 0.29) is 24.0 Å². The Morgan fingerprint density at radius 3 is 2.70 bits per heavy atom. The molecule has 2 aliphatic rings. The molecule has 1 N–H and O–H groups in total. The monoisotopic (exact) mass is 387 g/mol. The Hall–Kier alpha value is -2.27. The van der Waals surface area contributed by atoms with Crippen molar-refractivity contribution in [1.29, 1.82) is 0 Å². The van der Waals surface area contributed by atoms with E-state index in [0.717, 1.165) is 43.5 Å². The summed E-state index contributed by atoms with van der Waals surface area (Å²) in [4.78, 5) is 19.0. The molecule has 1 amide bonds. The van der Waals surface area contributed by atoms with E-state index >= 15 is 0 Å². The van der Waals surface area contributed by atoms with Gasteiger partial charge in [-0.3, -0.25) is 9.88 Å². The molecule has 4 rings (SSSR count). The fourth-order valence-electron chi connectivity index (χ4n) is 4.39. The minimum atomic E-state index is -0.174. The maximum atomic E-state index is 12.9. The lowest BCUT2D eigenvalue weighted by Gasteiger charge is -2.44. The van der Waals surface area contributed by atoms with Crippen molar-refractivity contribution >= 4 is 24.2 Å². The van der Waals surface area contributed by atoms with E-state index in [2.05, 4.69) is 10.3 Å². The number of hydrogen-bond acceptors (Lipinski definition) is 4. The molecule has 0 aliphatic carbocycles. The lowest BCUT2D eigenvalue weighted by Crippen LogP contribution is -2.56. The molecule has 2 bridgehead atoms. The van der Waals surface area contributed by atoms with Crippen LogP contribution in [0.3, 0.4) is 0 Å². The van der Waals surface area contributed by atoms with Crippen LogP contribution in [0, 0.1) is 0 Å². The van der Waals surface area contributed by atoms with Gasteiger partial charge in [-0.2, -0.15) is 0 Å². The molecule has 2 atom stereocenters. The Morgan fingerprint density at radius 2 is 1.93 bits per heavy atom. The Morgan fingerprint density at radius 1 is 1.15 bits per heavy atom. The van der Waals surface area contributed by atoms with Gasteiger partial charge in [0, 0.05) is 30.7 Å². The summed E-state index contributed by atoms with van der Waals surface area (Å²) in [6.07, 6.45) is 8.78. The number of hydrogen-bond donors (Lipinski definition) is 1. The van der Waals surface area contributed by atoms with Crippen molar-refractivity contribution in [1.82, 2.24) is 9.88 Å². The first-order valence-corrected chi connectivity index (χ1v) is 9.41. The normalized spacial score (nSPS) is 23.4. The second kappa shape index (κ2) is 8.61. The summed E-state index contributed by atoms with van der Waals surface area (Å²) in [5.74, 6) is 0. The highest BCUT2D eigenvalue weighted by atomic mass is 35.5.